The van der Waals surface area contributed by atoms with E-state index < -0.39 is 0 Å². The van der Waals surface area contributed by atoms with E-state index in [9.17, 15) is 5.11 Å². The lowest BCUT2D eigenvalue weighted by atomic mass is 9.83. The quantitative estimate of drug-likeness (QED) is 0.556. The molecule has 0 bridgehead atoms. The third-order valence-electron chi connectivity index (χ3n) is 3.21. The lowest BCUT2D eigenvalue weighted by Gasteiger charge is -2.22. The Labute approximate surface area is 107 Å². The van der Waals surface area contributed by atoms with Crippen LogP contribution in [-0.2, 0) is 4.79 Å². The van der Waals surface area contributed by atoms with E-state index in [-0.39, 0.29) is 12.2 Å². The summed E-state index contributed by atoms with van der Waals surface area (Å²) in [5.74, 6) is 0.597. The van der Waals surface area contributed by atoms with Crippen molar-refractivity contribution in [3.8, 4) is 5.75 Å². The fourth-order valence-corrected chi connectivity index (χ4v) is 2.31. The van der Waals surface area contributed by atoms with Crippen molar-refractivity contribution in [1.82, 2.24) is 0 Å². The molecule has 0 aromatic heterocycles. The maximum atomic E-state index is 9.67. The van der Waals surface area contributed by atoms with Crippen LogP contribution in [0.3, 0.4) is 0 Å². The molecule has 4 heteroatoms. The molecule has 4 nitrogen and oxygen atoms in total. The largest absolute Gasteiger partial charge is 0.507 e. The van der Waals surface area contributed by atoms with E-state index in [2.05, 4.69) is 0 Å². The van der Waals surface area contributed by atoms with Crippen molar-refractivity contribution in [3.05, 3.63) is 29.8 Å². The molecular weight excluding hydrogens is 230 g/mol. The molecule has 2 rings (SSSR count). The standard InChI is InChI=1S/C13H17NO.CH2O2/c14-13(10-6-2-1-3-7-10)11-8-4-5-9-12(11)15;2-1-3/h4-5,8-10,14-15H,1-3,6-7H2;1H,(H,2,3). The van der Waals surface area contributed by atoms with Crippen LogP contribution in [0.1, 0.15) is 37.7 Å². The minimum Gasteiger partial charge on any atom is -0.507 e. The monoisotopic (exact) mass is 249 g/mol. The van der Waals surface area contributed by atoms with Gasteiger partial charge in [-0.15, -0.1) is 0 Å². The highest BCUT2D eigenvalue weighted by atomic mass is 16.3. The van der Waals surface area contributed by atoms with Crippen molar-refractivity contribution in [2.45, 2.75) is 32.1 Å². The summed E-state index contributed by atoms with van der Waals surface area (Å²) in [5.41, 5.74) is 1.33. The highest BCUT2D eigenvalue weighted by molar-refractivity contribution is 6.02. The van der Waals surface area contributed by atoms with Crippen LogP contribution in [0.25, 0.3) is 0 Å². The lowest BCUT2D eigenvalue weighted by molar-refractivity contribution is -0.122. The van der Waals surface area contributed by atoms with Crippen molar-refractivity contribution in [2.24, 2.45) is 5.92 Å². The summed E-state index contributed by atoms with van der Waals surface area (Å²) in [6, 6.07) is 7.18. The van der Waals surface area contributed by atoms with E-state index in [0.29, 0.717) is 17.2 Å². The van der Waals surface area contributed by atoms with Gasteiger partial charge >= 0.3 is 0 Å². The molecule has 1 aromatic rings. The minimum absolute atomic E-state index is 0.244. The third-order valence-corrected chi connectivity index (χ3v) is 3.21. The second kappa shape index (κ2) is 7.48. The van der Waals surface area contributed by atoms with Gasteiger partial charge in [-0.3, -0.25) is 4.79 Å². The van der Waals surface area contributed by atoms with Gasteiger partial charge in [-0.25, -0.2) is 0 Å². The molecule has 0 saturated heterocycles. The zero-order valence-corrected chi connectivity index (χ0v) is 10.3. The van der Waals surface area contributed by atoms with Crippen LogP contribution in [-0.4, -0.2) is 22.4 Å². The first-order chi connectivity index (χ1) is 8.70. The number of phenols is 1. The van der Waals surface area contributed by atoms with Crippen LogP contribution in [0.4, 0.5) is 0 Å². The van der Waals surface area contributed by atoms with Crippen LogP contribution >= 0.6 is 0 Å². The van der Waals surface area contributed by atoms with Crippen molar-refractivity contribution >= 4 is 12.2 Å². The number of carboxylic acid groups (broad SMARTS) is 1. The third kappa shape index (κ3) is 3.87. The van der Waals surface area contributed by atoms with Gasteiger partial charge < -0.3 is 15.6 Å². The van der Waals surface area contributed by atoms with E-state index in [0.717, 1.165) is 12.8 Å². The van der Waals surface area contributed by atoms with E-state index in [1.165, 1.54) is 19.3 Å². The number of aromatic hydroxyl groups is 1. The molecule has 0 radical (unpaired) electrons. The number of carbonyl (C=O) groups is 1. The van der Waals surface area contributed by atoms with Crippen molar-refractivity contribution in [2.75, 3.05) is 0 Å². The first-order valence-corrected chi connectivity index (χ1v) is 6.15. The zero-order chi connectivity index (χ0) is 13.4. The number of para-hydroxylation sites is 1. The van der Waals surface area contributed by atoms with E-state index >= 15 is 0 Å². The summed E-state index contributed by atoms with van der Waals surface area (Å²) in [5, 5.41) is 24.7. The smallest absolute Gasteiger partial charge is 0.290 e. The molecule has 1 aliphatic carbocycles. The average molecular weight is 249 g/mol. The van der Waals surface area contributed by atoms with Crippen LogP contribution in [0.5, 0.6) is 5.75 Å². The van der Waals surface area contributed by atoms with Gasteiger partial charge in [0.15, 0.2) is 0 Å². The maximum Gasteiger partial charge on any atom is 0.290 e. The number of nitrogens with one attached hydrogen (secondary N) is 1. The Hall–Kier alpha value is -1.84. The van der Waals surface area contributed by atoms with E-state index in [1.54, 1.807) is 12.1 Å². The maximum absolute atomic E-state index is 9.67. The number of hydrogen-bond acceptors (Lipinski definition) is 3. The van der Waals surface area contributed by atoms with Crippen LogP contribution in [0.15, 0.2) is 24.3 Å². The molecule has 18 heavy (non-hydrogen) atoms. The zero-order valence-electron chi connectivity index (χ0n) is 10.3. The van der Waals surface area contributed by atoms with Gasteiger partial charge in [0.05, 0.1) is 0 Å². The Morgan fingerprint density at radius 2 is 1.78 bits per heavy atom. The fourth-order valence-electron chi connectivity index (χ4n) is 2.31. The van der Waals surface area contributed by atoms with Crippen LogP contribution < -0.4 is 0 Å². The molecule has 0 atom stereocenters. The molecule has 3 N–H and O–H groups in total. The second-order valence-electron chi connectivity index (χ2n) is 4.37. The molecular formula is C14H19NO3. The van der Waals surface area contributed by atoms with E-state index in [1.807, 2.05) is 12.1 Å². The summed E-state index contributed by atoms with van der Waals surface area (Å²) < 4.78 is 0. The summed E-state index contributed by atoms with van der Waals surface area (Å²) in [7, 11) is 0. The van der Waals surface area contributed by atoms with Gasteiger partial charge in [-0.1, -0.05) is 31.4 Å². The molecule has 1 aromatic carbocycles. The Bertz CT molecular complexity index is 398. The van der Waals surface area contributed by atoms with Crippen LogP contribution in [0, 0.1) is 11.3 Å². The van der Waals surface area contributed by atoms with Gasteiger partial charge in [-0.05, 0) is 25.0 Å². The molecule has 1 aliphatic rings. The first-order valence-electron chi connectivity index (χ1n) is 6.15. The second-order valence-corrected chi connectivity index (χ2v) is 4.37. The predicted octanol–water partition coefficient (Wildman–Crippen LogP) is 3.04. The average Bonchev–Trinajstić information content (AvgIpc) is 2.40. The molecule has 0 heterocycles. The number of rotatable bonds is 2. The first kappa shape index (κ1) is 14.2. The van der Waals surface area contributed by atoms with Gasteiger partial charge in [-0.2, -0.15) is 0 Å². The normalized spacial score (nSPS) is 15.3. The summed E-state index contributed by atoms with van der Waals surface area (Å²) in [6.07, 6.45) is 5.95. The topological polar surface area (TPSA) is 81.4 Å². The number of hydrogen-bond donors (Lipinski definition) is 3. The molecule has 1 fully saturated rings. The molecule has 0 amide bonds. The highest BCUT2D eigenvalue weighted by Gasteiger charge is 2.20. The summed E-state index contributed by atoms with van der Waals surface area (Å²) in [4.78, 5) is 8.36. The van der Waals surface area contributed by atoms with Crippen molar-refractivity contribution < 1.29 is 15.0 Å². The molecule has 0 spiro atoms. The number of benzene rings is 1. The fraction of sp³-hybridized carbons (Fsp3) is 0.429. The Kier molecular flexibility index (Phi) is 5.91. The lowest BCUT2D eigenvalue weighted by Crippen LogP contribution is -2.17. The van der Waals surface area contributed by atoms with Gasteiger partial charge in [0.25, 0.3) is 6.47 Å². The van der Waals surface area contributed by atoms with Gasteiger partial charge in [0, 0.05) is 17.2 Å². The van der Waals surface area contributed by atoms with E-state index in [4.69, 9.17) is 15.3 Å². The van der Waals surface area contributed by atoms with Crippen LogP contribution in [0.2, 0.25) is 0 Å². The highest BCUT2D eigenvalue weighted by Crippen LogP contribution is 2.29. The van der Waals surface area contributed by atoms with Crippen molar-refractivity contribution in [1.29, 1.82) is 5.41 Å². The molecule has 1 saturated carbocycles. The molecule has 0 unspecified atom stereocenters. The molecule has 98 valence electrons. The summed E-state index contributed by atoms with van der Waals surface area (Å²) >= 11 is 0. The molecule has 0 aliphatic heterocycles. The van der Waals surface area contributed by atoms with Crippen molar-refractivity contribution in [3.63, 3.8) is 0 Å². The van der Waals surface area contributed by atoms with Gasteiger partial charge in [0.1, 0.15) is 5.75 Å². The Morgan fingerprint density at radius 3 is 2.33 bits per heavy atom. The summed E-state index contributed by atoms with van der Waals surface area (Å²) in [6.45, 7) is -0.250. The number of phenolic OH excluding ortho intramolecular Hbond substituents is 1. The predicted molar refractivity (Wildman–Crippen MR) is 70.2 cm³/mol. The SMILES string of the molecule is N=C(c1ccccc1O)C1CCCCC1.O=CO. The minimum atomic E-state index is -0.250. The Morgan fingerprint density at radius 1 is 1.22 bits per heavy atom. The van der Waals surface area contributed by atoms with Gasteiger partial charge in [0.2, 0.25) is 0 Å². The Balaban J connectivity index is 0.000000492.